The second-order valence-corrected chi connectivity index (χ2v) is 4.28. The third-order valence-corrected chi connectivity index (χ3v) is 2.43. The minimum absolute atomic E-state index is 0.0310. The van der Waals surface area contributed by atoms with Gasteiger partial charge in [0.1, 0.15) is 11.3 Å². The third-order valence-electron chi connectivity index (χ3n) is 2.43. The van der Waals surface area contributed by atoms with Gasteiger partial charge in [0.05, 0.1) is 0 Å². The van der Waals surface area contributed by atoms with Crippen molar-refractivity contribution in [2.45, 2.75) is 32.4 Å². The van der Waals surface area contributed by atoms with Gasteiger partial charge in [-0.15, -0.1) is 0 Å². The first-order chi connectivity index (χ1) is 7.36. The van der Waals surface area contributed by atoms with Gasteiger partial charge in [0.25, 0.3) is 0 Å². The highest BCUT2D eigenvalue weighted by Crippen LogP contribution is 2.24. The standard InChI is InChI=1S/C12H17NO3/c1-8(2)13-12(3,11(15)16)9-5-4-6-10(14)7-9/h4-8,13-14H,1-3H3,(H,15,16). The van der Waals surface area contributed by atoms with Gasteiger partial charge >= 0.3 is 5.97 Å². The molecule has 88 valence electrons. The molecule has 1 rings (SSSR count). The zero-order valence-corrected chi connectivity index (χ0v) is 9.69. The monoisotopic (exact) mass is 223 g/mol. The molecule has 0 bridgehead atoms. The molecular weight excluding hydrogens is 206 g/mol. The molecule has 4 heteroatoms. The summed E-state index contributed by atoms with van der Waals surface area (Å²) in [5.41, 5.74) is -0.652. The average molecular weight is 223 g/mol. The predicted octanol–water partition coefficient (Wildman–Crippen LogP) is 1.69. The Labute approximate surface area is 94.9 Å². The van der Waals surface area contributed by atoms with E-state index in [0.717, 1.165) is 0 Å². The largest absolute Gasteiger partial charge is 0.508 e. The van der Waals surface area contributed by atoms with E-state index in [1.54, 1.807) is 19.1 Å². The molecule has 1 unspecified atom stereocenters. The van der Waals surface area contributed by atoms with Crippen molar-refractivity contribution < 1.29 is 15.0 Å². The first-order valence-electron chi connectivity index (χ1n) is 5.17. The zero-order chi connectivity index (χ0) is 12.3. The number of carboxylic acids is 1. The van der Waals surface area contributed by atoms with E-state index in [9.17, 15) is 15.0 Å². The maximum Gasteiger partial charge on any atom is 0.328 e. The summed E-state index contributed by atoms with van der Waals surface area (Å²) >= 11 is 0. The van der Waals surface area contributed by atoms with Crippen LogP contribution in [0.2, 0.25) is 0 Å². The lowest BCUT2D eigenvalue weighted by Gasteiger charge is -2.29. The molecule has 0 saturated carbocycles. The molecule has 0 heterocycles. The van der Waals surface area contributed by atoms with Crippen LogP contribution in [0.1, 0.15) is 26.3 Å². The van der Waals surface area contributed by atoms with Crippen LogP contribution in [0.3, 0.4) is 0 Å². The molecule has 0 radical (unpaired) electrons. The number of hydrogen-bond acceptors (Lipinski definition) is 3. The fraction of sp³-hybridized carbons (Fsp3) is 0.417. The minimum Gasteiger partial charge on any atom is -0.508 e. The lowest BCUT2D eigenvalue weighted by atomic mass is 9.91. The van der Waals surface area contributed by atoms with Gasteiger partial charge in [-0.3, -0.25) is 5.32 Å². The van der Waals surface area contributed by atoms with Gasteiger partial charge in [-0.2, -0.15) is 0 Å². The topological polar surface area (TPSA) is 69.6 Å². The Kier molecular flexibility index (Phi) is 3.55. The maximum absolute atomic E-state index is 11.3. The van der Waals surface area contributed by atoms with Crippen LogP contribution >= 0.6 is 0 Å². The molecule has 3 N–H and O–H groups in total. The second kappa shape index (κ2) is 4.53. The molecule has 1 aromatic carbocycles. The first kappa shape index (κ1) is 12.5. The van der Waals surface area contributed by atoms with Gasteiger partial charge in [-0.25, -0.2) is 4.79 Å². The van der Waals surface area contributed by atoms with E-state index in [2.05, 4.69) is 5.32 Å². The molecule has 0 aliphatic heterocycles. The predicted molar refractivity (Wildman–Crippen MR) is 61.4 cm³/mol. The molecular formula is C12H17NO3. The van der Waals surface area contributed by atoms with Crippen LogP contribution in [0.5, 0.6) is 5.75 Å². The number of benzene rings is 1. The molecule has 0 aliphatic carbocycles. The smallest absolute Gasteiger partial charge is 0.328 e. The summed E-state index contributed by atoms with van der Waals surface area (Å²) in [5, 5.41) is 21.6. The van der Waals surface area contributed by atoms with Crippen LogP contribution < -0.4 is 5.32 Å². The second-order valence-electron chi connectivity index (χ2n) is 4.28. The molecule has 0 aromatic heterocycles. The van der Waals surface area contributed by atoms with E-state index in [1.807, 2.05) is 13.8 Å². The SMILES string of the molecule is CC(C)NC(C)(C(=O)O)c1cccc(O)c1. The van der Waals surface area contributed by atoms with E-state index < -0.39 is 11.5 Å². The molecule has 0 saturated heterocycles. The Hall–Kier alpha value is -1.55. The molecule has 4 nitrogen and oxygen atoms in total. The van der Waals surface area contributed by atoms with Crippen molar-refractivity contribution in [2.75, 3.05) is 0 Å². The Morgan fingerprint density at radius 1 is 1.44 bits per heavy atom. The Morgan fingerprint density at radius 3 is 2.50 bits per heavy atom. The Morgan fingerprint density at radius 2 is 2.06 bits per heavy atom. The Bertz CT molecular complexity index is 390. The van der Waals surface area contributed by atoms with Crippen LogP contribution in [0.15, 0.2) is 24.3 Å². The van der Waals surface area contributed by atoms with E-state index in [-0.39, 0.29) is 11.8 Å². The van der Waals surface area contributed by atoms with E-state index >= 15 is 0 Å². The summed E-state index contributed by atoms with van der Waals surface area (Å²) in [7, 11) is 0. The molecule has 0 amide bonds. The van der Waals surface area contributed by atoms with Crippen molar-refractivity contribution in [3.8, 4) is 5.75 Å². The molecule has 1 aromatic rings. The van der Waals surface area contributed by atoms with Crippen LogP contribution in [0, 0.1) is 0 Å². The number of aliphatic carboxylic acids is 1. The van der Waals surface area contributed by atoms with Crippen molar-refractivity contribution in [1.82, 2.24) is 5.32 Å². The highest BCUT2D eigenvalue weighted by Gasteiger charge is 2.35. The number of nitrogens with one attached hydrogen (secondary N) is 1. The van der Waals surface area contributed by atoms with Crippen LogP contribution in [-0.4, -0.2) is 22.2 Å². The number of rotatable bonds is 4. The van der Waals surface area contributed by atoms with Gasteiger partial charge in [0, 0.05) is 6.04 Å². The number of phenolic OH excluding ortho intramolecular Hbond substituents is 1. The fourth-order valence-electron chi connectivity index (χ4n) is 1.66. The van der Waals surface area contributed by atoms with Gasteiger partial charge < -0.3 is 10.2 Å². The van der Waals surface area contributed by atoms with Crippen LogP contribution in [-0.2, 0) is 10.3 Å². The molecule has 0 aliphatic rings. The Balaban J connectivity index is 3.16. The fourth-order valence-corrected chi connectivity index (χ4v) is 1.66. The van der Waals surface area contributed by atoms with Gasteiger partial charge in [0.2, 0.25) is 0 Å². The van der Waals surface area contributed by atoms with E-state index in [1.165, 1.54) is 12.1 Å². The van der Waals surface area contributed by atoms with Gasteiger partial charge in [0.15, 0.2) is 0 Å². The highest BCUT2D eigenvalue weighted by molar-refractivity contribution is 5.80. The molecule has 0 spiro atoms. The molecule has 16 heavy (non-hydrogen) atoms. The number of aromatic hydroxyl groups is 1. The van der Waals surface area contributed by atoms with E-state index in [0.29, 0.717) is 5.56 Å². The normalized spacial score (nSPS) is 14.8. The molecule has 0 fully saturated rings. The zero-order valence-electron chi connectivity index (χ0n) is 9.69. The van der Waals surface area contributed by atoms with Crippen LogP contribution in [0.4, 0.5) is 0 Å². The molecule has 1 atom stereocenters. The summed E-state index contributed by atoms with van der Waals surface area (Å²) in [6.07, 6.45) is 0. The highest BCUT2D eigenvalue weighted by atomic mass is 16.4. The quantitative estimate of drug-likeness (QED) is 0.726. The summed E-state index contributed by atoms with van der Waals surface area (Å²) < 4.78 is 0. The van der Waals surface area contributed by atoms with Crippen LogP contribution in [0.25, 0.3) is 0 Å². The van der Waals surface area contributed by atoms with Crippen molar-refractivity contribution >= 4 is 5.97 Å². The number of carbonyl (C=O) groups is 1. The van der Waals surface area contributed by atoms with Crippen molar-refractivity contribution in [2.24, 2.45) is 0 Å². The van der Waals surface area contributed by atoms with Crippen molar-refractivity contribution in [3.63, 3.8) is 0 Å². The lowest BCUT2D eigenvalue weighted by molar-refractivity contribution is -0.144. The summed E-state index contributed by atoms with van der Waals surface area (Å²) in [6.45, 7) is 5.35. The maximum atomic E-state index is 11.3. The number of hydrogen-bond donors (Lipinski definition) is 3. The summed E-state index contributed by atoms with van der Waals surface area (Å²) in [5.74, 6) is -0.901. The van der Waals surface area contributed by atoms with E-state index in [4.69, 9.17) is 0 Å². The average Bonchev–Trinajstić information content (AvgIpc) is 2.16. The lowest BCUT2D eigenvalue weighted by Crippen LogP contribution is -2.49. The summed E-state index contributed by atoms with van der Waals surface area (Å²) in [4.78, 5) is 11.3. The first-order valence-corrected chi connectivity index (χ1v) is 5.17. The summed E-state index contributed by atoms with van der Waals surface area (Å²) in [6, 6.07) is 6.32. The van der Waals surface area contributed by atoms with Crippen molar-refractivity contribution in [3.05, 3.63) is 29.8 Å². The third kappa shape index (κ3) is 2.52. The van der Waals surface area contributed by atoms with Gasteiger partial charge in [-0.05, 0) is 38.5 Å². The van der Waals surface area contributed by atoms with Gasteiger partial charge in [-0.1, -0.05) is 12.1 Å². The number of phenols is 1. The minimum atomic E-state index is -1.19. The van der Waals surface area contributed by atoms with Crippen molar-refractivity contribution in [1.29, 1.82) is 0 Å². The number of carboxylic acid groups (broad SMARTS) is 1.